The number of oxazole rings is 1. The molecule has 2 aromatic rings. The molecule has 1 amide bonds. The highest BCUT2D eigenvalue weighted by Gasteiger charge is 2.14. The third-order valence-corrected chi connectivity index (χ3v) is 3.91. The van der Waals surface area contributed by atoms with E-state index in [-0.39, 0.29) is 11.7 Å². The third-order valence-electron chi connectivity index (χ3n) is 3.91. The average Bonchev–Trinajstić information content (AvgIpc) is 3.20. The molecule has 0 bridgehead atoms. The Morgan fingerprint density at radius 1 is 1.35 bits per heavy atom. The summed E-state index contributed by atoms with van der Waals surface area (Å²) in [6.07, 6.45) is 9.12. The van der Waals surface area contributed by atoms with E-state index in [1.807, 2.05) is 0 Å². The minimum absolute atomic E-state index is 0.0730. The molecule has 0 saturated heterocycles. The molecule has 5 heteroatoms. The zero-order valence-electron chi connectivity index (χ0n) is 12.8. The van der Waals surface area contributed by atoms with Gasteiger partial charge in [-0.15, -0.1) is 0 Å². The van der Waals surface area contributed by atoms with Crippen molar-refractivity contribution in [3.05, 3.63) is 54.2 Å². The molecule has 1 aliphatic rings. The van der Waals surface area contributed by atoms with E-state index in [0.29, 0.717) is 31.2 Å². The molecule has 3 rings (SSSR count). The number of halogens is 1. The second-order valence-corrected chi connectivity index (χ2v) is 5.72. The van der Waals surface area contributed by atoms with Gasteiger partial charge in [-0.3, -0.25) is 4.79 Å². The predicted molar refractivity (Wildman–Crippen MR) is 85.1 cm³/mol. The summed E-state index contributed by atoms with van der Waals surface area (Å²) in [5.74, 6) is 0.624. The standard InChI is InChI=1S/C18H19FN2O2/c19-15-7-5-14(6-8-15)18-21-16(12-23-18)9-10-20-17(22)11-13-3-1-2-4-13/h1,3,5-8,12-13H,2,4,9-11H2,(H,20,22). The van der Waals surface area contributed by atoms with Crippen LogP contribution in [0, 0.1) is 11.7 Å². The van der Waals surface area contributed by atoms with Crippen LogP contribution in [0.5, 0.6) is 0 Å². The zero-order chi connectivity index (χ0) is 16.1. The average molecular weight is 314 g/mol. The molecule has 0 aliphatic heterocycles. The highest BCUT2D eigenvalue weighted by atomic mass is 19.1. The lowest BCUT2D eigenvalue weighted by Crippen LogP contribution is -2.27. The van der Waals surface area contributed by atoms with Gasteiger partial charge in [0, 0.05) is 24.9 Å². The quantitative estimate of drug-likeness (QED) is 0.830. The topological polar surface area (TPSA) is 55.1 Å². The predicted octanol–water partition coefficient (Wildman–Crippen LogP) is 3.50. The summed E-state index contributed by atoms with van der Waals surface area (Å²) >= 11 is 0. The largest absolute Gasteiger partial charge is 0.444 e. The molecule has 1 aliphatic carbocycles. The van der Waals surface area contributed by atoms with Crippen molar-refractivity contribution in [2.75, 3.05) is 6.54 Å². The van der Waals surface area contributed by atoms with Gasteiger partial charge in [-0.05, 0) is 43.0 Å². The first-order valence-corrected chi connectivity index (χ1v) is 7.84. The maximum Gasteiger partial charge on any atom is 0.226 e. The number of hydrogen-bond donors (Lipinski definition) is 1. The molecule has 0 fully saturated rings. The van der Waals surface area contributed by atoms with E-state index in [2.05, 4.69) is 22.5 Å². The third kappa shape index (κ3) is 4.28. The number of nitrogens with zero attached hydrogens (tertiary/aromatic N) is 1. The summed E-state index contributed by atoms with van der Waals surface area (Å²) in [4.78, 5) is 16.2. The maximum absolute atomic E-state index is 12.9. The molecule has 23 heavy (non-hydrogen) atoms. The second kappa shape index (κ2) is 7.22. The van der Waals surface area contributed by atoms with Crippen molar-refractivity contribution in [2.45, 2.75) is 25.7 Å². The Hall–Kier alpha value is -2.43. The van der Waals surface area contributed by atoms with Gasteiger partial charge >= 0.3 is 0 Å². The SMILES string of the molecule is O=C(CC1C=CCC1)NCCc1coc(-c2ccc(F)cc2)n1. The van der Waals surface area contributed by atoms with Gasteiger partial charge in [-0.2, -0.15) is 0 Å². The first-order chi connectivity index (χ1) is 11.2. The van der Waals surface area contributed by atoms with Crippen LogP contribution in [0.15, 0.2) is 47.1 Å². The number of amides is 1. The fourth-order valence-electron chi connectivity index (χ4n) is 2.65. The number of aromatic nitrogens is 1. The summed E-state index contributed by atoms with van der Waals surface area (Å²) in [5, 5.41) is 2.91. The second-order valence-electron chi connectivity index (χ2n) is 5.72. The van der Waals surface area contributed by atoms with Crippen LogP contribution in [-0.4, -0.2) is 17.4 Å². The maximum atomic E-state index is 12.9. The number of benzene rings is 1. The summed E-state index contributed by atoms with van der Waals surface area (Å²) in [7, 11) is 0. The molecule has 4 nitrogen and oxygen atoms in total. The fraction of sp³-hybridized carbons (Fsp3) is 0.333. The normalized spacial score (nSPS) is 16.7. The van der Waals surface area contributed by atoms with Crippen LogP contribution in [0.25, 0.3) is 11.5 Å². The monoisotopic (exact) mass is 314 g/mol. The van der Waals surface area contributed by atoms with Gasteiger partial charge in [0.15, 0.2) is 0 Å². The highest BCUT2D eigenvalue weighted by molar-refractivity contribution is 5.76. The van der Waals surface area contributed by atoms with E-state index < -0.39 is 0 Å². The van der Waals surface area contributed by atoms with Gasteiger partial charge in [-0.1, -0.05) is 12.2 Å². The van der Waals surface area contributed by atoms with Crippen LogP contribution in [0.3, 0.4) is 0 Å². The summed E-state index contributed by atoms with van der Waals surface area (Å²) in [6.45, 7) is 0.532. The molecule has 1 aromatic heterocycles. The molecule has 1 aromatic carbocycles. The molecule has 0 radical (unpaired) electrons. The van der Waals surface area contributed by atoms with Gasteiger partial charge in [0.25, 0.3) is 0 Å². The van der Waals surface area contributed by atoms with Gasteiger partial charge < -0.3 is 9.73 Å². The van der Waals surface area contributed by atoms with Crippen molar-refractivity contribution in [1.82, 2.24) is 10.3 Å². The number of hydrogen-bond acceptors (Lipinski definition) is 3. The Morgan fingerprint density at radius 3 is 2.91 bits per heavy atom. The van der Waals surface area contributed by atoms with E-state index in [1.54, 1.807) is 18.4 Å². The van der Waals surface area contributed by atoms with Crippen molar-refractivity contribution in [2.24, 2.45) is 5.92 Å². The van der Waals surface area contributed by atoms with Crippen molar-refractivity contribution in [3.63, 3.8) is 0 Å². The van der Waals surface area contributed by atoms with Crippen molar-refractivity contribution in [3.8, 4) is 11.5 Å². The molecule has 1 unspecified atom stereocenters. The smallest absolute Gasteiger partial charge is 0.226 e. The first kappa shape index (κ1) is 15.5. The van der Waals surface area contributed by atoms with E-state index in [1.165, 1.54) is 12.1 Å². The molecule has 120 valence electrons. The molecular weight excluding hydrogens is 295 g/mol. The molecule has 1 atom stereocenters. The minimum atomic E-state index is -0.291. The van der Waals surface area contributed by atoms with E-state index in [4.69, 9.17) is 4.42 Å². The summed E-state index contributed by atoms with van der Waals surface area (Å²) < 4.78 is 18.3. The number of nitrogens with one attached hydrogen (secondary N) is 1. The van der Waals surface area contributed by atoms with Gasteiger partial charge in [0.1, 0.15) is 12.1 Å². The van der Waals surface area contributed by atoms with E-state index >= 15 is 0 Å². The first-order valence-electron chi connectivity index (χ1n) is 7.84. The number of allylic oxidation sites excluding steroid dienone is 2. The van der Waals surface area contributed by atoms with Crippen molar-refractivity contribution < 1.29 is 13.6 Å². The lowest BCUT2D eigenvalue weighted by atomic mass is 10.1. The summed E-state index contributed by atoms with van der Waals surface area (Å²) in [6, 6.07) is 6.00. The highest BCUT2D eigenvalue weighted by Crippen LogP contribution is 2.20. The molecular formula is C18H19FN2O2. The van der Waals surface area contributed by atoms with E-state index in [0.717, 1.165) is 24.1 Å². The Labute approximate surface area is 134 Å². The molecule has 1 N–H and O–H groups in total. The van der Waals surface area contributed by atoms with Gasteiger partial charge in [0.2, 0.25) is 11.8 Å². The minimum Gasteiger partial charge on any atom is -0.444 e. The molecule has 0 spiro atoms. The Kier molecular flexibility index (Phi) is 4.86. The Morgan fingerprint density at radius 2 is 2.17 bits per heavy atom. The van der Waals surface area contributed by atoms with Crippen LogP contribution in [0.1, 0.15) is 25.0 Å². The number of carbonyl (C=O) groups is 1. The Bertz CT molecular complexity index is 691. The lowest BCUT2D eigenvalue weighted by Gasteiger charge is -2.07. The molecule has 0 saturated carbocycles. The zero-order valence-corrected chi connectivity index (χ0v) is 12.8. The lowest BCUT2D eigenvalue weighted by molar-refractivity contribution is -0.121. The Balaban J connectivity index is 1.46. The van der Waals surface area contributed by atoms with Crippen LogP contribution in [0.4, 0.5) is 4.39 Å². The number of rotatable bonds is 6. The van der Waals surface area contributed by atoms with E-state index in [9.17, 15) is 9.18 Å². The van der Waals surface area contributed by atoms with Crippen LogP contribution >= 0.6 is 0 Å². The van der Waals surface area contributed by atoms with Crippen LogP contribution in [-0.2, 0) is 11.2 Å². The number of carbonyl (C=O) groups excluding carboxylic acids is 1. The van der Waals surface area contributed by atoms with Crippen molar-refractivity contribution >= 4 is 5.91 Å². The molecule has 1 heterocycles. The summed E-state index contributed by atoms with van der Waals surface area (Å²) in [5.41, 5.74) is 1.50. The van der Waals surface area contributed by atoms with Crippen LogP contribution < -0.4 is 5.32 Å². The van der Waals surface area contributed by atoms with Gasteiger partial charge in [0.05, 0.1) is 5.69 Å². The van der Waals surface area contributed by atoms with Crippen LogP contribution in [0.2, 0.25) is 0 Å². The van der Waals surface area contributed by atoms with Crippen molar-refractivity contribution in [1.29, 1.82) is 0 Å². The fourth-order valence-corrected chi connectivity index (χ4v) is 2.65. The van der Waals surface area contributed by atoms with Gasteiger partial charge in [-0.25, -0.2) is 9.37 Å².